The summed E-state index contributed by atoms with van der Waals surface area (Å²) in [5.74, 6) is 0.534. The molecule has 0 aromatic carbocycles. The standard InChI is InChI=1S/C5H8N4O/c1-8(2)5-6-3-9(4-10)7-5/h3-4H,1-2H3. The average Bonchev–Trinajstić information content (AvgIpc) is 2.34. The van der Waals surface area contributed by atoms with Gasteiger partial charge in [-0.3, -0.25) is 4.79 Å². The highest BCUT2D eigenvalue weighted by Crippen LogP contribution is 1.97. The van der Waals surface area contributed by atoms with E-state index in [9.17, 15) is 4.79 Å². The fourth-order valence-electron chi connectivity index (χ4n) is 0.521. The van der Waals surface area contributed by atoms with Crippen LogP contribution in [-0.4, -0.2) is 35.3 Å². The number of hydrogen-bond donors (Lipinski definition) is 0. The van der Waals surface area contributed by atoms with E-state index in [2.05, 4.69) is 10.1 Å². The maximum Gasteiger partial charge on any atom is 0.244 e. The summed E-state index contributed by atoms with van der Waals surface area (Å²) in [4.78, 5) is 15.6. The summed E-state index contributed by atoms with van der Waals surface area (Å²) in [5, 5.41) is 3.79. The van der Waals surface area contributed by atoms with Crippen molar-refractivity contribution in [3.05, 3.63) is 6.33 Å². The van der Waals surface area contributed by atoms with Crippen molar-refractivity contribution in [3.8, 4) is 0 Å². The molecule has 0 N–H and O–H groups in total. The molecule has 0 fully saturated rings. The van der Waals surface area contributed by atoms with E-state index < -0.39 is 0 Å². The van der Waals surface area contributed by atoms with E-state index in [0.29, 0.717) is 12.4 Å². The van der Waals surface area contributed by atoms with Crippen molar-refractivity contribution in [2.75, 3.05) is 19.0 Å². The molecule has 5 heteroatoms. The monoisotopic (exact) mass is 140 g/mol. The molecular formula is C5H8N4O. The molecule has 5 nitrogen and oxygen atoms in total. The molecule has 0 unspecified atom stereocenters. The first-order chi connectivity index (χ1) is 4.74. The van der Waals surface area contributed by atoms with Crippen molar-refractivity contribution in [1.29, 1.82) is 0 Å². The normalized spacial score (nSPS) is 9.40. The van der Waals surface area contributed by atoms with Crippen LogP contribution in [0.15, 0.2) is 6.33 Å². The van der Waals surface area contributed by atoms with Crippen LogP contribution < -0.4 is 4.90 Å². The Balaban J connectivity index is 2.88. The molecule has 0 aliphatic rings. The second kappa shape index (κ2) is 2.47. The van der Waals surface area contributed by atoms with Crippen molar-refractivity contribution in [2.24, 2.45) is 0 Å². The van der Waals surface area contributed by atoms with Gasteiger partial charge in [-0.25, -0.2) is 0 Å². The zero-order valence-corrected chi connectivity index (χ0v) is 5.85. The summed E-state index contributed by atoms with van der Waals surface area (Å²) in [6.45, 7) is 0. The van der Waals surface area contributed by atoms with Crippen LogP contribution in [0.2, 0.25) is 0 Å². The number of hydrogen-bond acceptors (Lipinski definition) is 4. The van der Waals surface area contributed by atoms with E-state index in [1.165, 1.54) is 6.33 Å². The summed E-state index contributed by atoms with van der Waals surface area (Å²) >= 11 is 0. The molecule has 54 valence electrons. The van der Waals surface area contributed by atoms with Crippen molar-refractivity contribution in [1.82, 2.24) is 14.8 Å². The molecule has 0 bridgehead atoms. The molecule has 0 saturated carbocycles. The summed E-state index contributed by atoms with van der Waals surface area (Å²) in [5.41, 5.74) is 0. The molecule has 0 amide bonds. The van der Waals surface area contributed by atoms with Crippen LogP contribution in [0, 0.1) is 0 Å². The number of rotatable bonds is 2. The first-order valence-corrected chi connectivity index (χ1v) is 2.78. The molecular weight excluding hydrogens is 132 g/mol. The van der Waals surface area contributed by atoms with Crippen molar-refractivity contribution in [2.45, 2.75) is 0 Å². The molecule has 0 radical (unpaired) electrons. The van der Waals surface area contributed by atoms with Crippen LogP contribution >= 0.6 is 0 Å². The van der Waals surface area contributed by atoms with Gasteiger partial charge in [-0.15, -0.1) is 5.10 Å². The second-order valence-electron chi connectivity index (χ2n) is 2.02. The van der Waals surface area contributed by atoms with Gasteiger partial charge in [0.05, 0.1) is 0 Å². The maximum absolute atomic E-state index is 10.1. The number of aromatic nitrogens is 3. The van der Waals surface area contributed by atoms with Crippen LogP contribution in [-0.2, 0) is 4.79 Å². The number of carbonyl (C=O) groups is 1. The third-order valence-electron chi connectivity index (χ3n) is 1.00. The van der Waals surface area contributed by atoms with Crippen LogP contribution in [0.1, 0.15) is 0 Å². The van der Waals surface area contributed by atoms with Gasteiger partial charge in [-0.05, 0) is 0 Å². The van der Waals surface area contributed by atoms with Crippen LogP contribution in [0.25, 0.3) is 0 Å². The highest BCUT2D eigenvalue weighted by atomic mass is 16.1. The lowest BCUT2D eigenvalue weighted by atomic mass is 10.8. The Morgan fingerprint density at radius 2 is 2.40 bits per heavy atom. The third-order valence-corrected chi connectivity index (χ3v) is 1.00. The Hall–Kier alpha value is -1.39. The molecule has 10 heavy (non-hydrogen) atoms. The van der Waals surface area contributed by atoms with Crippen molar-refractivity contribution < 1.29 is 4.79 Å². The fraction of sp³-hybridized carbons (Fsp3) is 0.400. The maximum atomic E-state index is 10.1. The summed E-state index contributed by atoms with van der Waals surface area (Å²) in [6, 6.07) is 0. The van der Waals surface area contributed by atoms with Crippen LogP contribution in [0.5, 0.6) is 0 Å². The Labute approximate surface area is 58.3 Å². The van der Waals surface area contributed by atoms with E-state index in [-0.39, 0.29) is 0 Å². The topological polar surface area (TPSA) is 51.0 Å². The molecule has 1 aromatic heterocycles. The third kappa shape index (κ3) is 1.12. The predicted octanol–water partition coefficient (Wildman–Crippen LogP) is -0.618. The minimum Gasteiger partial charge on any atom is -0.346 e. The van der Waals surface area contributed by atoms with E-state index in [0.717, 1.165) is 4.68 Å². The van der Waals surface area contributed by atoms with Gasteiger partial charge in [0.1, 0.15) is 6.33 Å². The molecule has 1 rings (SSSR count). The molecule has 0 saturated heterocycles. The lowest BCUT2D eigenvalue weighted by Crippen LogP contribution is -2.11. The molecule has 0 atom stereocenters. The van der Waals surface area contributed by atoms with E-state index in [4.69, 9.17) is 0 Å². The Bertz CT molecular complexity index is 229. The van der Waals surface area contributed by atoms with Gasteiger partial charge >= 0.3 is 0 Å². The van der Waals surface area contributed by atoms with Gasteiger partial charge < -0.3 is 4.90 Å². The first-order valence-electron chi connectivity index (χ1n) is 2.78. The van der Waals surface area contributed by atoms with Gasteiger partial charge in [0.2, 0.25) is 12.4 Å². The van der Waals surface area contributed by atoms with Gasteiger partial charge in [-0.2, -0.15) is 9.67 Å². The van der Waals surface area contributed by atoms with Crippen molar-refractivity contribution >= 4 is 12.4 Å². The minimum absolute atomic E-state index is 0.534. The molecule has 0 spiro atoms. The lowest BCUT2D eigenvalue weighted by molar-refractivity contribution is 0.540. The molecule has 0 aliphatic carbocycles. The molecule has 1 aromatic rings. The van der Waals surface area contributed by atoms with Crippen molar-refractivity contribution in [3.63, 3.8) is 0 Å². The first kappa shape index (κ1) is 6.73. The minimum atomic E-state index is 0.534. The zero-order chi connectivity index (χ0) is 7.56. The summed E-state index contributed by atoms with van der Waals surface area (Å²) in [6.07, 6.45) is 1.96. The van der Waals surface area contributed by atoms with Gasteiger partial charge in [-0.1, -0.05) is 0 Å². The molecule has 1 heterocycles. The largest absolute Gasteiger partial charge is 0.346 e. The summed E-state index contributed by atoms with van der Waals surface area (Å²) in [7, 11) is 3.62. The van der Waals surface area contributed by atoms with Gasteiger partial charge in [0.25, 0.3) is 0 Å². The van der Waals surface area contributed by atoms with Crippen LogP contribution in [0.3, 0.4) is 0 Å². The molecule has 0 aliphatic heterocycles. The second-order valence-corrected chi connectivity index (χ2v) is 2.02. The van der Waals surface area contributed by atoms with Gasteiger partial charge in [0, 0.05) is 14.1 Å². The number of anilines is 1. The van der Waals surface area contributed by atoms with Gasteiger partial charge in [0.15, 0.2) is 0 Å². The zero-order valence-electron chi connectivity index (χ0n) is 5.85. The SMILES string of the molecule is CN(C)c1ncn(C=O)n1. The number of nitrogens with zero attached hydrogens (tertiary/aromatic N) is 4. The highest BCUT2D eigenvalue weighted by molar-refractivity contribution is 5.50. The quantitative estimate of drug-likeness (QED) is 0.514. The van der Waals surface area contributed by atoms with Crippen LogP contribution in [0.4, 0.5) is 5.95 Å². The predicted molar refractivity (Wildman–Crippen MR) is 36.5 cm³/mol. The number of carbonyl (C=O) groups excluding carboxylic acids is 1. The Morgan fingerprint density at radius 1 is 1.70 bits per heavy atom. The Morgan fingerprint density at radius 3 is 2.70 bits per heavy atom. The van der Waals surface area contributed by atoms with E-state index in [1.807, 2.05) is 14.1 Å². The van der Waals surface area contributed by atoms with E-state index >= 15 is 0 Å². The highest BCUT2D eigenvalue weighted by Gasteiger charge is 1.99. The lowest BCUT2D eigenvalue weighted by Gasteiger charge is -2.03. The van der Waals surface area contributed by atoms with E-state index in [1.54, 1.807) is 4.90 Å². The Kier molecular flexibility index (Phi) is 1.66. The fourth-order valence-corrected chi connectivity index (χ4v) is 0.521. The smallest absolute Gasteiger partial charge is 0.244 e. The average molecular weight is 140 g/mol. The summed E-state index contributed by atoms with van der Waals surface area (Å²) < 4.78 is 1.12.